The van der Waals surface area contributed by atoms with E-state index in [1.165, 1.54) is 7.11 Å². The van der Waals surface area contributed by atoms with Gasteiger partial charge in [-0.15, -0.1) is 0 Å². The van der Waals surface area contributed by atoms with Crippen molar-refractivity contribution < 1.29 is 76.5 Å². The number of likely N-dealkylation sites (N-methyl/N-ethyl adjacent to an activating group) is 1. The van der Waals surface area contributed by atoms with Crippen molar-refractivity contribution in [2.24, 2.45) is 28.8 Å². The van der Waals surface area contributed by atoms with Gasteiger partial charge in [0.05, 0.1) is 83.7 Å². The van der Waals surface area contributed by atoms with E-state index in [9.17, 15) is 19.5 Å². The summed E-state index contributed by atoms with van der Waals surface area (Å²) >= 11 is 0. The number of aliphatic hydroxyl groups is 1. The number of rotatable bonds is 13. The SMILES string of the molecule is CC[C@H]1OC(=O)[C@H](C)[C@@H](O[C@H]2C[C@@](C)(OC)[C@@H](OC(=O)c3ccccc3)[C@H](C)O2)[C@H](C)[C@@H](O[C@@H]2O[C@H](C)C[C@H](N(C)C)[C@H]2OC(=O)c2ccccc2)[C@@]2(C)C[C@@H](C)/C(=N\OC(=O)c3ccccc3)[C@H](C)[C@@H](OC/C=C/CO2)[C@]1(C)O. The highest BCUT2D eigenvalue weighted by Crippen LogP contribution is 2.44. The molecule has 4 heterocycles. The predicted molar refractivity (Wildman–Crippen MR) is 296 cm³/mol. The van der Waals surface area contributed by atoms with Gasteiger partial charge in [0.25, 0.3) is 0 Å². The molecule has 3 fully saturated rings. The van der Waals surface area contributed by atoms with Crippen LogP contribution in [-0.4, -0.2) is 158 Å². The lowest BCUT2D eigenvalue weighted by Crippen LogP contribution is -2.62. The van der Waals surface area contributed by atoms with E-state index in [1.54, 1.807) is 113 Å². The number of cyclic esters (lactones) is 1. The van der Waals surface area contributed by atoms with Crippen molar-refractivity contribution in [3.63, 3.8) is 0 Å². The molecular formula is C62H84N2O16. The standard InChI is InChI=1S/C62H84N2O16/c1-14-47-62(10,69)53-39(4)49(63-80-58(68)45-30-22-17-23-31-45)37(2)35-61(9,72-33-25-24-32-71-53)52(79-59-51(46(64(11)12)34-38(3)73-59)77-56(66)43-26-18-15-19-27-43)40(5)50(41(6)55(65)75-47)76-48-36-60(8,70-13)54(42(7)74-48)78-57(67)44-28-20-16-21-29-44/h15-31,37-42,46-48,50-54,59,69H,14,32-36H2,1-13H3/b25-24+,63-49+/t37-,38-,39+,40+,41-,42+,46+,47-,48+,50+,51-,52-,53-,54+,59+,60-,61-,62-/m1/s1. The van der Waals surface area contributed by atoms with Crippen LogP contribution in [-0.2, 0) is 57.0 Å². The fourth-order valence-corrected chi connectivity index (χ4v) is 12.1. The topological polar surface area (TPSA) is 206 Å². The predicted octanol–water partition coefficient (Wildman–Crippen LogP) is 8.78. The van der Waals surface area contributed by atoms with E-state index >= 15 is 4.79 Å². The van der Waals surface area contributed by atoms with Gasteiger partial charge in [-0.1, -0.05) is 99.6 Å². The second kappa shape index (κ2) is 27.1. The summed E-state index contributed by atoms with van der Waals surface area (Å²) in [5, 5.41) is 17.5. The third kappa shape index (κ3) is 14.4. The summed E-state index contributed by atoms with van der Waals surface area (Å²) in [5.74, 6) is -5.88. The highest BCUT2D eigenvalue weighted by atomic mass is 16.7. The van der Waals surface area contributed by atoms with E-state index in [-0.39, 0.29) is 50.2 Å². The summed E-state index contributed by atoms with van der Waals surface area (Å²) in [6.07, 6.45) is -5.38. The molecule has 3 saturated heterocycles. The van der Waals surface area contributed by atoms with E-state index in [4.69, 9.17) is 52.2 Å². The van der Waals surface area contributed by atoms with Crippen LogP contribution in [0.5, 0.6) is 0 Å². The highest BCUT2D eigenvalue weighted by molar-refractivity contribution is 5.93. The zero-order valence-electron chi connectivity index (χ0n) is 48.7. The molecule has 18 heteroatoms. The van der Waals surface area contributed by atoms with Crippen LogP contribution < -0.4 is 0 Å². The maximum atomic E-state index is 15.2. The Morgan fingerprint density at radius 1 is 0.725 bits per heavy atom. The van der Waals surface area contributed by atoms with Crippen LogP contribution in [0.4, 0.5) is 0 Å². The van der Waals surface area contributed by atoms with Gasteiger partial charge in [-0.05, 0) is 111 Å². The van der Waals surface area contributed by atoms with Gasteiger partial charge in [-0.25, -0.2) is 14.4 Å². The minimum Gasteiger partial charge on any atom is -0.459 e. The Kier molecular flexibility index (Phi) is 21.1. The van der Waals surface area contributed by atoms with E-state index < -0.39 is 120 Å². The third-order valence-electron chi connectivity index (χ3n) is 16.5. The van der Waals surface area contributed by atoms with Gasteiger partial charge >= 0.3 is 23.9 Å². The Hall–Kier alpha value is -5.41. The molecule has 0 spiro atoms. The van der Waals surface area contributed by atoms with Gasteiger partial charge in [0, 0.05) is 31.3 Å². The first kappa shape index (κ1) is 62.2. The minimum absolute atomic E-state index is 0.0183. The average Bonchev–Trinajstić information content (AvgIpc) is 3.46. The lowest BCUT2D eigenvalue weighted by molar-refractivity contribution is -0.319. The molecular weight excluding hydrogens is 1030 g/mol. The van der Waals surface area contributed by atoms with Crippen LogP contribution in [0.25, 0.3) is 0 Å². The second-order valence-corrected chi connectivity index (χ2v) is 22.9. The highest BCUT2D eigenvalue weighted by Gasteiger charge is 2.56. The molecule has 0 amide bonds. The minimum atomic E-state index is -1.86. The van der Waals surface area contributed by atoms with Gasteiger partial charge < -0.3 is 62.2 Å². The number of carbonyl (C=O) groups excluding carboxylic acids is 4. The number of methoxy groups -OCH3 is 1. The zero-order valence-corrected chi connectivity index (χ0v) is 48.7. The number of hydrogen-bond donors (Lipinski definition) is 1. The largest absolute Gasteiger partial charge is 0.459 e. The molecule has 3 aromatic rings. The maximum Gasteiger partial charge on any atom is 0.365 e. The first-order valence-corrected chi connectivity index (χ1v) is 28.0. The fraction of sp³-hybridized carbons (Fsp3) is 0.597. The monoisotopic (exact) mass is 1110 g/mol. The summed E-state index contributed by atoms with van der Waals surface area (Å²) < 4.78 is 67.1. The van der Waals surface area contributed by atoms with E-state index in [2.05, 4.69) is 5.16 Å². The molecule has 1 N–H and O–H groups in total. The van der Waals surface area contributed by atoms with Crippen LogP contribution in [0.1, 0.15) is 126 Å². The van der Waals surface area contributed by atoms with Crippen molar-refractivity contribution in [2.75, 3.05) is 34.4 Å². The van der Waals surface area contributed by atoms with Gasteiger partial charge in [-0.2, -0.15) is 0 Å². The first-order valence-electron chi connectivity index (χ1n) is 28.0. The van der Waals surface area contributed by atoms with E-state index in [1.807, 2.05) is 78.7 Å². The zero-order chi connectivity index (χ0) is 58.1. The lowest BCUT2D eigenvalue weighted by atomic mass is 9.73. The number of carbonyl (C=O) groups is 4. The molecule has 80 heavy (non-hydrogen) atoms. The van der Waals surface area contributed by atoms with Crippen LogP contribution in [0.15, 0.2) is 108 Å². The fourth-order valence-electron chi connectivity index (χ4n) is 12.1. The lowest BCUT2D eigenvalue weighted by Gasteiger charge is -2.51. The molecule has 0 aliphatic carbocycles. The summed E-state index contributed by atoms with van der Waals surface area (Å²) in [5.41, 5.74) is -3.09. The molecule has 4 aliphatic heterocycles. The summed E-state index contributed by atoms with van der Waals surface area (Å²) in [7, 11) is 5.35. The van der Waals surface area contributed by atoms with Crippen LogP contribution in [0, 0.1) is 23.7 Å². The van der Waals surface area contributed by atoms with Crippen molar-refractivity contribution in [3.8, 4) is 0 Å². The Morgan fingerprint density at radius 2 is 1.30 bits per heavy atom. The van der Waals surface area contributed by atoms with Gasteiger partial charge in [0.1, 0.15) is 17.3 Å². The van der Waals surface area contributed by atoms with E-state index in [0.29, 0.717) is 23.3 Å². The van der Waals surface area contributed by atoms with Gasteiger partial charge in [0.2, 0.25) is 0 Å². The number of esters is 3. The van der Waals surface area contributed by atoms with Crippen molar-refractivity contribution in [3.05, 3.63) is 120 Å². The maximum absolute atomic E-state index is 15.2. The summed E-state index contributed by atoms with van der Waals surface area (Å²) in [4.78, 5) is 64.4. The number of ether oxygens (including phenoxy) is 10. The Morgan fingerprint density at radius 3 is 1.88 bits per heavy atom. The molecule has 2 bridgehead atoms. The van der Waals surface area contributed by atoms with Crippen molar-refractivity contribution in [1.82, 2.24) is 4.90 Å². The number of oxime groups is 1. The number of benzene rings is 3. The molecule has 0 aromatic heterocycles. The van der Waals surface area contributed by atoms with Crippen molar-refractivity contribution in [2.45, 2.75) is 179 Å². The molecule has 18 nitrogen and oxygen atoms in total. The molecule has 0 saturated carbocycles. The number of hydrogen-bond acceptors (Lipinski definition) is 18. The van der Waals surface area contributed by atoms with Crippen molar-refractivity contribution in [1.29, 1.82) is 0 Å². The molecule has 3 aromatic carbocycles. The van der Waals surface area contributed by atoms with Crippen molar-refractivity contribution >= 4 is 29.6 Å². The smallest absolute Gasteiger partial charge is 0.365 e. The Labute approximate surface area is 471 Å². The molecule has 438 valence electrons. The molecule has 7 rings (SSSR count). The summed E-state index contributed by atoms with van der Waals surface area (Å²) in [6.45, 7) is 18.2. The number of nitrogens with zero attached hydrogens (tertiary/aromatic N) is 2. The quantitative estimate of drug-likeness (QED) is 0.0558. The third-order valence-corrected chi connectivity index (χ3v) is 16.5. The van der Waals surface area contributed by atoms with E-state index in [0.717, 1.165) is 0 Å². The number of fused-ring (bicyclic) bond motifs is 5. The van der Waals surface area contributed by atoms with Crippen LogP contribution in [0.3, 0.4) is 0 Å². The molecule has 18 atom stereocenters. The average molecular weight is 1110 g/mol. The molecule has 0 radical (unpaired) electrons. The molecule has 4 aliphatic rings. The molecule has 0 unspecified atom stereocenters. The van der Waals surface area contributed by atoms with Gasteiger partial charge in [0.15, 0.2) is 24.8 Å². The first-order chi connectivity index (χ1) is 38.0. The summed E-state index contributed by atoms with van der Waals surface area (Å²) in [6, 6.07) is 25.4. The van der Waals surface area contributed by atoms with Crippen LogP contribution in [0.2, 0.25) is 0 Å². The van der Waals surface area contributed by atoms with Crippen LogP contribution >= 0.6 is 0 Å². The van der Waals surface area contributed by atoms with Gasteiger partial charge in [-0.3, -0.25) is 4.79 Å². The second-order valence-electron chi connectivity index (χ2n) is 22.9. The Bertz CT molecular complexity index is 2580. The normalized spacial score (nSPS) is 37.4. The Balaban J connectivity index is 1.39.